The molecule has 0 radical (unpaired) electrons. The summed E-state index contributed by atoms with van der Waals surface area (Å²) in [7, 11) is -5.05. The summed E-state index contributed by atoms with van der Waals surface area (Å²) in [4.78, 5) is 55.7. The van der Waals surface area contributed by atoms with E-state index in [0.717, 1.165) is 23.0 Å². The molecule has 1 saturated carbocycles. The van der Waals surface area contributed by atoms with Crippen LogP contribution < -0.4 is 21.7 Å². The molecule has 3 amide bonds. The Hall–Kier alpha value is -3.62. The van der Waals surface area contributed by atoms with E-state index in [1.165, 1.54) is 5.41 Å². The first-order valence-electron chi connectivity index (χ1n) is 11.0. The molecule has 4 unspecified atom stereocenters. The van der Waals surface area contributed by atoms with Crippen LogP contribution in [0.3, 0.4) is 0 Å². The van der Waals surface area contributed by atoms with Crippen LogP contribution in [0.25, 0.3) is 0 Å². The van der Waals surface area contributed by atoms with Crippen LogP contribution in [-0.2, 0) is 34.3 Å². The minimum Gasteiger partial charge on any atom is -0.478 e. The number of nitrogens with two attached hydrogens (primary N) is 1. The van der Waals surface area contributed by atoms with Gasteiger partial charge in [-0.05, 0) is 0 Å². The van der Waals surface area contributed by atoms with E-state index in [1.807, 2.05) is 0 Å². The summed E-state index contributed by atoms with van der Waals surface area (Å²) in [6, 6.07) is -2.92. The zero-order valence-electron chi connectivity index (χ0n) is 19.4. The lowest BCUT2D eigenvalue weighted by molar-refractivity contribution is -0.153. The number of amides is 3. The number of nitrogens with one attached hydrogen (secondary N) is 4. The maximum Gasteiger partial charge on any atom is 0.410 e. The van der Waals surface area contributed by atoms with Crippen LogP contribution >= 0.6 is 11.8 Å². The highest BCUT2D eigenvalue weighted by molar-refractivity contribution is 8.02. The van der Waals surface area contributed by atoms with Crippen molar-refractivity contribution in [2.24, 2.45) is 10.9 Å². The molecule has 4 rings (SSSR count). The molecule has 3 heterocycles. The van der Waals surface area contributed by atoms with Gasteiger partial charge in [0.1, 0.15) is 17.6 Å². The number of thioether (sulfide) groups is 1. The maximum absolute atomic E-state index is 13.1. The summed E-state index contributed by atoms with van der Waals surface area (Å²) in [6.45, 7) is -0.339. The van der Waals surface area contributed by atoms with E-state index in [2.05, 4.69) is 21.1 Å². The lowest BCUT2D eigenvalue weighted by atomic mass is 9.97. The molecule has 20 heteroatoms. The molecule has 3 fully saturated rings. The third kappa shape index (κ3) is 5.47. The Morgan fingerprint density at radius 3 is 2.68 bits per heavy atom. The molecule has 1 aliphatic carbocycles. The predicted molar refractivity (Wildman–Crippen MR) is 128 cm³/mol. The smallest absolute Gasteiger partial charge is 0.410 e. The van der Waals surface area contributed by atoms with Crippen LogP contribution in [-0.4, -0.2) is 112 Å². The molecule has 4 aliphatic rings. The quantitative estimate of drug-likeness (QED) is 0.0399. The van der Waals surface area contributed by atoms with E-state index in [9.17, 15) is 37.3 Å². The van der Waals surface area contributed by atoms with Crippen molar-refractivity contribution in [2.45, 2.75) is 42.1 Å². The molecular weight excluding hydrogens is 552 g/mol. The number of nitrogens with zero attached hydrogens (tertiary/aromatic N) is 3. The molecule has 0 aromatic carbocycles. The van der Waals surface area contributed by atoms with Gasteiger partial charge < -0.3 is 41.3 Å². The highest BCUT2D eigenvalue weighted by Gasteiger charge is 2.56. The average molecular weight is 577 g/mol. The summed E-state index contributed by atoms with van der Waals surface area (Å²) in [5.74, 6) is -3.48. The molecule has 18 nitrogen and oxygen atoms in total. The van der Waals surface area contributed by atoms with Crippen molar-refractivity contribution in [1.82, 2.24) is 25.2 Å². The lowest BCUT2D eigenvalue weighted by Crippen LogP contribution is -2.74. The monoisotopic (exact) mass is 576 g/mol. The van der Waals surface area contributed by atoms with Gasteiger partial charge in [0.25, 0.3) is 11.8 Å². The fourth-order valence-electron chi connectivity index (χ4n) is 3.89. The number of hydrogen-bond acceptors (Lipinski definition) is 13. The van der Waals surface area contributed by atoms with Crippen LogP contribution in [0.1, 0.15) is 12.8 Å². The Morgan fingerprint density at radius 2 is 2.13 bits per heavy atom. The number of carbonyl (C=O) groups excluding carboxylic acids is 3. The van der Waals surface area contributed by atoms with Gasteiger partial charge >= 0.3 is 22.4 Å². The summed E-state index contributed by atoms with van der Waals surface area (Å²) < 4.78 is 38.5. The van der Waals surface area contributed by atoms with Crippen molar-refractivity contribution in [3.8, 4) is 0 Å². The Balaban J connectivity index is 1.52. The molecular formula is C18H24N8O10S2. The number of carbonyl (C=O) groups is 4. The zero-order valence-corrected chi connectivity index (χ0v) is 21.0. The van der Waals surface area contributed by atoms with Crippen molar-refractivity contribution in [3.63, 3.8) is 0 Å². The van der Waals surface area contributed by atoms with Crippen molar-refractivity contribution in [2.75, 3.05) is 19.6 Å². The summed E-state index contributed by atoms with van der Waals surface area (Å²) in [5, 5.41) is 29.0. The molecule has 208 valence electrons. The first-order chi connectivity index (χ1) is 17.9. The van der Waals surface area contributed by atoms with Crippen molar-refractivity contribution >= 4 is 58.0 Å². The number of rotatable bonds is 12. The largest absolute Gasteiger partial charge is 0.478 e. The van der Waals surface area contributed by atoms with E-state index in [4.69, 9.17) is 20.7 Å². The van der Waals surface area contributed by atoms with Crippen LogP contribution in [0.4, 0.5) is 4.79 Å². The second-order valence-corrected chi connectivity index (χ2v) is 11.0. The van der Waals surface area contributed by atoms with E-state index in [-0.39, 0.29) is 35.9 Å². The second kappa shape index (κ2) is 10.3. The Kier molecular flexibility index (Phi) is 7.41. The number of carboxylic acids is 1. The SMILES string of the molecule is N=CNCC1CN(CC2C(NC(=O)/C(=N\OC3(C(=O)O)CC3)C3=CSC(N)N3)C(=O)N2S(=O)(=O)O)C(=O)O1. The van der Waals surface area contributed by atoms with Gasteiger partial charge in [-0.25, -0.2) is 13.9 Å². The van der Waals surface area contributed by atoms with E-state index in [1.54, 1.807) is 0 Å². The molecule has 38 heavy (non-hydrogen) atoms. The van der Waals surface area contributed by atoms with Gasteiger partial charge in [0, 0.05) is 24.8 Å². The van der Waals surface area contributed by atoms with Gasteiger partial charge in [0.05, 0.1) is 31.2 Å². The summed E-state index contributed by atoms with van der Waals surface area (Å²) in [6.07, 6.45) is -0.273. The highest BCUT2D eigenvalue weighted by atomic mass is 32.2. The normalized spacial score (nSPS) is 28.1. The third-order valence-corrected chi connectivity index (χ3v) is 7.75. The van der Waals surface area contributed by atoms with E-state index in [0.29, 0.717) is 0 Å². The predicted octanol–water partition coefficient (Wildman–Crippen LogP) is -3.09. The Morgan fingerprint density at radius 1 is 1.42 bits per heavy atom. The minimum absolute atomic E-state index is 0.0198. The molecule has 0 aromatic heterocycles. The van der Waals surface area contributed by atoms with Crippen LogP contribution in [0.5, 0.6) is 0 Å². The third-order valence-electron chi connectivity index (χ3n) is 6.02. The van der Waals surface area contributed by atoms with E-state index >= 15 is 0 Å². The number of carboxylic acid groups (broad SMARTS) is 1. The number of aliphatic carboxylic acids is 1. The number of cyclic esters (lactones) is 1. The fourth-order valence-corrected chi connectivity index (χ4v) is 5.42. The van der Waals surface area contributed by atoms with Gasteiger partial charge in [-0.3, -0.25) is 19.6 Å². The fraction of sp³-hybridized carbons (Fsp3) is 0.556. The first-order valence-corrected chi connectivity index (χ1v) is 13.4. The van der Waals surface area contributed by atoms with Gasteiger partial charge in [-0.2, -0.15) is 8.42 Å². The van der Waals surface area contributed by atoms with Crippen LogP contribution in [0, 0.1) is 5.41 Å². The first kappa shape index (κ1) is 27.4. The zero-order chi connectivity index (χ0) is 27.8. The Labute approximate surface area is 219 Å². The number of oxime groups is 1. The molecule has 0 spiro atoms. The van der Waals surface area contributed by atoms with E-state index < -0.39 is 75.7 Å². The van der Waals surface area contributed by atoms with Gasteiger partial charge in [-0.1, -0.05) is 16.9 Å². The molecule has 0 aromatic rings. The van der Waals surface area contributed by atoms with Crippen molar-refractivity contribution < 1.29 is 46.8 Å². The maximum atomic E-state index is 13.1. The average Bonchev–Trinajstić information content (AvgIpc) is 3.39. The van der Waals surface area contributed by atoms with Gasteiger partial charge in [-0.15, -0.1) is 0 Å². The number of β-lactam (4-membered cyclic amide) rings is 1. The number of ether oxygens (including phenoxy) is 1. The lowest BCUT2D eigenvalue weighted by Gasteiger charge is -2.45. The Bertz CT molecular complexity index is 1220. The molecule has 3 aliphatic heterocycles. The molecule has 4 atom stereocenters. The van der Waals surface area contributed by atoms with Gasteiger partial charge in [0.2, 0.25) is 5.60 Å². The second-order valence-electron chi connectivity index (χ2n) is 8.66. The van der Waals surface area contributed by atoms with Crippen molar-refractivity contribution in [1.29, 1.82) is 5.41 Å². The van der Waals surface area contributed by atoms with Crippen LogP contribution in [0.2, 0.25) is 0 Å². The summed E-state index contributed by atoms with van der Waals surface area (Å²) in [5.41, 5.74) is 3.14. The highest BCUT2D eigenvalue weighted by Crippen LogP contribution is 2.40. The number of hydrogen-bond donors (Lipinski definition) is 7. The topological polar surface area (TPSA) is 266 Å². The molecule has 0 bridgehead atoms. The van der Waals surface area contributed by atoms with Gasteiger partial charge in [0.15, 0.2) is 5.71 Å². The van der Waals surface area contributed by atoms with Crippen molar-refractivity contribution in [3.05, 3.63) is 11.1 Å². The molecule has 8 N–H and O–H groups in total. The minimum atomic E-state index is -5.05. The standard InChI is InChI=1S/C18H24N8O10S2/c19-7-21-3-8-4-25(17(31)35-8)5-10-12(14(28)26(10)38(32,33)34)23-13(27)11(9-6-37-16(20)22-9)24-36-18(1-2-18)15(29)30/h6-8,10,12,16,22H,1-5,20H2,(H2,19,21)(H,23,27)(H,29,30)(H,32,33,34)/b24-11-. The van der Waals surface area contributed by atoms with Crippen LogP contribution in [0.15, 0.2) is 16.3 Å². The molecule has 2 saturated heterocycles. The summed E-state index contributed by atoms with van der Waals surface area (Å²) >= 11 is 1.08.